The predicted molar refractivity (Wildman–Crippen MR) is 72.8 cm³/mol. The van der Waals surface area contributed by atoms with Crippen molar-refractivity contribution >= 4 is 21.7 Å². The van der Waals surface area contributed by atoms with Crippen molar-refractivity contribution in [3.05, 3.63) is 22.3 Å². The molecule has 1 aromatic heterocycles. The molecule has 3 rings (SSSR count). The fraction of sp³-hybridized carbons (Fsp3) is 0.615. The van der Waals surface area contributed by atoms with E-state index >= 15 is 0 Å². The molecular weight excluding hydrogens is 296 g/mol. The van der Waals surface area contributed by atoms with Gasteiger partial charge in [-0.05, 0) is 40.9 Å². The van der Waals surface area contributed by atoms with Gasteiger partial charge in [0, 0.05) is 19.2 Å². The maximum atomic E-state index is 5.79. The quantitative estimate of drug-likeness (QED) is 0.798. The average Bonchev–Trinajstić information content (AvgIpc) is 2.77. The molecule has 2 fully saturated rings. The molecule has 2 aliphatic rings. The smallest absolute Gasteiger partial charge is 0.186 e. The van der Waals surface area contributed by atoms with Crippen molar-refractivity contribution in [1.82, 2.24) is 4.98 Å². The van der Waals surface area contributed by atoms with Crippen LogP contribution in [-0.2, 0) is 9.47 Å². The second-order valence-electron chi connectivity index (χ2n) is 4.95. The highest BCUT2D eigenvalue weighted by atomic mass is 79.9. The summed E-state index contributed by atoms with van der Waals surface area (Å²) >= 11 is 3.59. The van der Waals surface area contributed by atoms with Gasteiger partial charge >= 0.3 is 0 Å². The number of ether oxygens (including phenoxy) is 2. The Morgan fingerprint density at radius 3 is 2.89 bits per heavy atom. The number of hydrogen-bond acceptors (Lipinski definition) is 4. The molecule has 3 heterocycles. The minimum absolute atomic E-state index is 0.399. The highest BCUT2D eigenvalue weighted by molar-refractivity contribution is 9.10. The van der Waals surface area contributed by atoms with E-state index in [1.807, 2.05) is 13.1 Å². The van der Waals surface area contributed by atoms with Crippen LogP contribution in [0.5, 0.6) is 0 Å². The Hall–Kier alpha value is -0.650. The van der Waals surface area contributed by atoms with E-state index in [1.165, 1.54) is 0 Å². The first-order valence-electron chi connectivity index (χ1n) is 6.34. The van der Waals surface area contributed by atoms with Gasteiger partial charge in [0.2, 0.25) is 0 Å². The van der Waals surface area contributed by atoms with E-state index in [1.54, 1.807) is 0 Å². The maximum absolute atomic E-state index is 5.79. The van der Waals surface area contributed by atoms with Gasteiger partial charge in [-0.2, -0.15) is 0 Å². The molecule has 0 radical (unpaired) electrons. The molecule has 18 heavy (non-hydrogen) atoms. The number of pyridine rings is 1. The van der Waals surface area contributed by atoms with Crippen LogP contribution in [0.2, 0.25) is 0 Å². The van der Waals surface area contributed by atoms with Gasteiger partial charge in [-0.3, -0.25) is 0 Å². The third-order valence-electron chi connectivity index (χ3n) is 3.49. The van der Waals surface area contributed by atoms with Crippen LogP contribution in [0.3, 0.4) is 0 Å². The number of halogens is 1. The Morgan fingerprint density at radius 2 is 2.17 bits per heavy atom. The van der Waals surface area contributed by atoms with Gasteiger partial charge in [0.15, 0.2) is 5.79 Å². The van der Waals surface area contributed by atoms with Gasteiger partial charge < -0.3 is 14.4 Å². The standard InChI is InChI=1S/C13H17BrN2O2/c1-10-7-11(14)12(15-8-10)16-4-2-3-13(9-16)17-5-6-18-13/h7-8H,2-6,9H2,1H3. The van der Waals surface area contributed by atoms with E-state index < -0.39 is 5.79 Å². The van der Waals surface area contributed by atoms with Crippen LogP contribution in [0, 0.1) is 6.92 Å². The summed E-state index contributed by atoms with van der Waals surface area (Å²) < 4.78 is 12.6. The summed E-state index contributed by atoms with van der Waals surface area (Å²) in [6, 6.07) is 2.10. The topological polar surface area (TPSA) is 34.6 Å². The molecule has 0 amide bonds. The summed E-state index contributed by atoms with van der Waals surface area (Å²) in [7, 11) is 0. The number of hydrogen-bond donors (Lipinski definition) is 0. The van der Waals surface area contributed by atoms with Crippen molar-refractivity contribution < 1.29 is 9.47 Å². The first-order chi connectivity index (χ1) is 8.69. The normalized spacial score (nSPS) is 22.7. The minimum atomic E-state index is -0.399. The third-order valence-corrected chi connectivity index (χ3v) is 4.07. The Balaban J connectivity index is 1.83. The number of nitrogens with zero attached hydrogens (tertiary/aromatic N) is 2. The number of piperidine rings is 1. The third kappa shape index (κ3) is 2.27. The molecule has 0 N–H and O–H groups in total. The molecule has 0 aromatic carbocycles. The zero-order valence-electron chi connectivity index (χ0n) is 10.5. The molecule has 0 unspecified atom stereocenters. The lowest BCUT2D eigenvalue weighted by molar-refractivity contribution is -0.161. The van der Waals surface area contributed by atoms with Gasteiger partial charge in [0.25, 0.3) is 0 Å². The molecule has 0 atom stereocenters. The van der Waals surface area contributed by atoms with Crippen molar-refractivity contribution in [1.29, 1.82) is 0 Å². The van der Waals surface area contributed by atoms with E-state index in [-0.39, 0.29) is 0 Å². The summed E-state index contributed by atoms with van der Waals surface area (Å²) in [5, 5.41) is 0. The lowest BCUT2D eigenvalue weighted by Crippen LogP contribution is -2.49. The van der Waals surface area contributed by atoms with Crippen LogP contribution in [0.1, 0.15) is 18.4 Å². The van der Waals surface area contributed by atoms with Crippen LogP contribution < -0.4 is 4.90 Å². The van der Waals surface area contributed by atoms with Crippen molar-refractivity contribution in [3.63, 3.8) is 0 Å². The van der Waals surface area contributed by atoms with E-state index in [4.69, 9.17) is 9.47 Å². The van der Waals surface area contributed by atoms with E-state index in [0.29, 0.717) is 13.2 Å². The fourth-order valence-electron chi connectivity index (χ4n) is 2.66. The first-order valence-corrected chi connectivity index (χ1v) is 7.13. The van der Waals surface area contributed by atoms with Crippen LogP contribution in [0.15, 0.2) is 16.7 Å². The molecule has 98 valence electrons. The second-order valence-corrected chi connectivity index (χ2v) is 5.81. The van der Waals surface area contributed by atoms with Crippen molar-refractivity contribution in [2.75, 3.05) is 31.2 Å². The summed E-state index contributed by atoms with van der Waals surface area (Å²) in [5.41, 5.74) is 1.16. The molecule has 0 bridgehead atoms. The number of anilines is 1. The second kappa shape index (κ2) is 4.79. The molecule has 1 spiro atoms. The van der Waals surface area contributed by atoms with Crippen molar-refractivity contribution in [3.8, 4) is 0 Å². The van der Waals surface area contributed by atoms with E-state index in [2.05, 4.69) is 31.9 Å². The predicted octanol–water partition coefficient (Wildman–Crippen LogP) is 2.50. The van der Waals surface area contributed by atoms with E-state index in [0.717, 1.165) is 41.8 Å². The molecule has 4 nitrogen and oxygen atoms in total. The lowest BCUT2D eigenvalue weighted by Gasteiger charge is -2.39. The summed E-state index contributed by atoms with van der Waals surface area (Å²) in [4.78, 5) is 6.77. The van der Waals surface area contributed by atoms with Crippen LogP contribution in [0.25, 0.3) is 0 Å². The molecule has 1 aromatic rings. The molecule has 2 aliphatic heterocycles. The van der Waals surface area contributed by atoms with Gasteiger partial charge in [-0.1, -0.05) is 0 Å². The molecule has 0 saturated carbocycles. The Morgan fingerprint density at radius 1 is 1.39 bits per heavy atom. The van der Waals surface area contributed by atoms with Gasteiger partial charge in [-0.15, -0.1) is 0 Å². The van der Waals surface area contributed by atoms with Gasteiger partial charge in [0.1, 0.15) is 5.82 Å². The van der Waals surface area contributed by atoms with E-state index in [9.17, 15) is 0 Å². The Labute approximate surface area is 115 Å². The van der Waals surface area contributed by atoms with Crippen LogP contribution in [-0.4, -0.2) is 37.1 Å². The largest absolute Gasteiger partial charge is 0.350 e. The Bertz CT molecular complexity index is 447. The SMILES string of the molecule is Cc1cnc(N2CCCC3(C2)OCCO3)c(Br)c1. The molecule has 2 saturated heterocycles. The maximum Gasteiger partial charge on any atom is 0.186 e. The van der Waals surface area contributed by atoms with Crippen LogP contribution >= 0.6 is 15.9 Å². The zero-order chi connectivity index (χ0) is 12.6. The number of aryl methyl sites for hydroxylation is 1. The molecule has 0 aliphatic carbocycles. The highest BCUT2D eigenvalue weighted by Crippen LogP contribution is 2.34. The zero-order valence-corrected chi connectivity index (χ0v) is 12.1. The summed E-state index contributed by atoms with van der Waals surface area (Å²) in [6.07, 6.45) is 3.95. The number of aromatic nitrogens is 1. The summed E-state index contributed by atoms with van der Waals surface area (Å²) in [5.74, 6) is 0.586. The Kier molecular flexibility index (Phi) is 3.30. The molecular formula is C13H17BrN2O2. The van der Waals surface area contributed by atoms with Crippen molar-refractivity contribution in [2.45, 2.75) is 25.6 Å². The monoisotopic (exact) mass is 312 g/mol. The lowest BCUT2D eigenvalue weighted by atomic mass is 10.0. The van der Waals surface area contributed by atoms with Crippen LogP contribution in [0.4, 0.5) is 5.82 Å². The fourth-order valence-corrected chi connectivity index (χ4v) is 3.37. The van der Waals surface area contributed by atoms with Crippen molar-refractivity contribution in [2.24, 2.45) is 0 Å². The van der Waals surface area contributed by atoms with Gasteiger partial charge in [0.05, 0.1) is 24.2 Å². The first kappa shape index (κ1) is 12.4. The average molecular weight is 313 g/mol. The minimum Gasteiger partial charge on any atom is -0.350 e. The van der Waals surface area contributed by atoms with Gasteiger partial charge in [-0.25, -0.2) is 4.98 Å². The summed E-state index contributed by atoms with van der Waals surface area (Å²) in [6.45, 7) is 5.22. The molecule has 5 heteroatoms. The highest BCUT2D eigenvalue weighted by Gasteiger charge is 2.41. The number of rotatable bonds is 1.